The maximum absolute atomic E-state index is 13.7. The van der Waals surface area contributed by atoms with E-state index in [1.54, 1.807) is 0 Å². The van der Waals surface area contributed by atoms with Crippen molar-refractivity contribution in [3.05, 3.63) is 11.6 Å². The lowest BCUT2D eigenvalue weighted by Crippen LogP contribution is -2.44. The minimum absolute atomic E-state index is 0.132. The Morgan fingerprint density at radius 1 is 1.23 bits per heavy atom. The summed E-state index contributed by atoms with van der Waals surface area (Å²) in [6.07, 6.45) is 5.09. The normalized spacial score (nSPS) is 55.6. The first-order chi connectivity index (χ1) is 10.2. The van der Waals surface area contributed by atoms with Crippen LogP contribution in [-0.4, -0.2) is 17.0 Å². The van der Waals surface area contributed by atoms with Gasteiger partial charge in [0, 0.05) is 5.92 Å². The predicted molar refractivity (Wildman–Crippen MR) is 87.1 cm³/mol. The Bertz CT molecular complexity index is 560. The van der Waals surface area contributed by atoms with Gasteiger partial charge in [-0.2, -0.15) is 0 Å². The van der Waals surface area contributed by atoms with E-state index in [1.807, 2.05) is 0 Å². The molecule has 1 spiro atoms. The molecule has 0 aromatic heterocycles. The van der Waals surface area contributed by atoms with Crippen LogP contribution in [0.4, 0.5) is 0 Å². The molecule has 122 valence electrons. The van der Waals surface area contributed by atoms with Gasteiger partial charge in [0.2, 0.25) is 0 Å². The van der Waals surface area contributed by atoms with E-state index in [-0.39, 0.29) is 22.7 Å². The number of fused-ring (bicyclic) bond motifs is 3. The van der Waals surface area contributed by atoms with Crippen LogP contribution in [0.5, 0.6) is 0 Å². The summed E-state index contributed by atoms with van der Waals surface area (Å²) in [7, 11) is 0. The number of carbonyl (C=O) groups excluding carboxylic acids is 1. The van der Waals surface area contributed by atoms with Crippen molar-refractivity contribution in [1.29, 1.82) is 0 Å². The number of carbonyl (C=O) groups is 1. The Morgan fingerprint density at radius 2 is 1.91 bits per heavy atom. The number of aliphatic hydroxyl groups excluding tert-OH is 1. The van der Waals surface area contributed by atoms with Gasteiger partial charge >= 0.3 is 0 Å². The summed E-state index contributed by atoms with van der Waals surface area (Å²) in [6, 6.07) is 0. The first kappa shape index (κ1) is 14.9. The SMILES string of the molecule is CC1=C[C@]23C(=O)[C@@H]([C@H](O)[C@H](C)C[C@@H]2C1)[C@H]1[C@@H](C[C@H]3C)C1(C)C. The summed E-state index contributed by atoms with van der Waals surface area (Å²) >= 11 is 0. The molecule has 4 aliphatic rings. The van der Waals surface area contributed by atoms with E-state index in [0.717, 1.165) is 19.3 Å². The molecule has 4 rings (SSSR count). The summed E-state index contributed by atoms with van der Waals surface area (Å²) in [5.41, 5.74) is 1.35. The van der Waals surface area contributed by atoms with E-state index >= 15 is 0 Å². The molecule has 8 atom stereocenters. The zero-order valence-corrected chi connectivity index (χ0v) is 14.6. The molecule has 2 nitrogen and oxygen atoms in total. The summed E-state index contributed by atoms with van der Waals surface area (Å²) in [5.74, 6) is 2.34. The van der Waals surface area contributed by atoms with Crippen LogP contribution in [0, 0.1) is 46.3 Å². The second-order valence-corrected chi connectivity index (χ2v) is 9.51. The van der Waals surface area contributed by atoms with Crippen LogP contribution in [0.3, 0.4) is 0 Å². The average Bonchev–Trinajstić information content (AvgIpc) is 2.83. The number of ketones is 1. The van der Waals surface area contributed by atoms with Gasteiger partial charge in [-0.15, -0.1) is 0 Å². The van der Waals surface area contributed by atoms with Gasteiger partial charge in [-0.1, -0.05) is 39.3 Å². The van der Waals surface area contributed by atoms with E-state index < -0.39 is 6.10 Å². The summed E-state index contributed by atoms with van der Waals surface area (Å²) in [6.45, 7) is 11.3. The maximum Gasteiger partial charge on any atom is 0.149 e. The van der Waals surface area contributed by atoms with Gasteiger partial charge in [-0.05, 0) is 61.2 Å². The second-order valence-electron chi connectivity index (χ2n) is 9.51. The van der Waals surface area contributed by atoms with E-state index in [4.69, 9.17) is 0 Å². The van der Waals surface area contributed by atoms with Crippen LogP contribution in [-0.2, 0) is 4.79 Å². The van der Waals surface area contributed by atoms with Gasteiger partial charge in [-0.3, -0.25) is 4.79 Å². The lowest BCUT2D eigenvalue weighted by molar-refractivity contribution is -0.138. The number of hydrogen-bond acceptors (Lipinski definition) is 2. The molecule has 3 fully saturated rings. The predicted octanol–water partition coefficient (Wildman–Crippen LogP) is 3.84. The van der Waals surface area contributed by atoms with Gasteiger partial charge < -0.3 is 5.11 Å². The van der Waals surface area contributed by atoms with E-state index in [1.165, 1.54) is 5.57 Å². The average molecular weight is 302 g/mol. The Morgan fingerprint density at radius 3 is 2.59 bits per heavy atom. The molecule has 0 aromatic rings. The van der Waals surface area contributed by atoms with E-state index in [0.29, 0.717) is 29.5 Å². The standard InChI is InChI=1S/C20H30O2/c1-10-6-13-7-11(2)17(21)15-16-14(19(16,4)5)8-12(3)20(13,9-10)18(15)22/h9,11-17,21H,6-8H2,1-5H3/t11-,12-,13+,14-,15-,16-,17-,20-/m1/s1. The summed E-state index contributed by atoms with van der Waals surface area (Å²) in [4.78, 5) is 13.7. The molecule has 3 saturated carbocycles. The Balaban J connectivity index is 1.88. The lowest BCUT2D eigenvalue weighted by atomic mass is 9.63. The number of Topliss-reactive ketones (excluding diaryl/α,β-unsaturated/α-hetero) is 1. The fraction of sp³-hybridized carbons (Fsp3) is 0.850. The van der Waals surface area contributed by atoms with Gasteiger partial charge in [0.1, 0.15) is 5.78 Å². The third-order valence-corrected chi connectivity index (χ3v) is 8.01. The molecular formula is C20H30O2. The minimum atomic E-state index is -0.441. The lowest BCUT2D eigenvalue weighted by Gasteiger charge is -2.39. The molecule has 1 N–H and O–H groups in total. The van der Waals surface area contributed by atoms with Gasteiger partial charge in [-0.25, -0.2) is 0 Å². The van der Waals surface area contributed by atoms with Crippen molar-refractivity contribution in [3.63, 3.8) is 0 Å². The second kappa shape index (κ2) is 4.26. The Hall–Kier alpha value is -0.630. The zero-order valence-electron chi connectivity index (χ0n) is 14.6. The maximum atomic E-state index is 13.7. The van der Waals surface area contributed by atoms with Crippen LogP contribution in [0.15, 0.2) is 11.6 Å². The first-order valence-corrected chi connectivity index (χ1v) is 9.12. The molecule has 0 heterocycles. The quantitative estimate of drug-likeness (QED) is 0.690. The highest BCUT2D eigenvalue weighted by atomic mass is 16.3. The van der Waals surface area contributed by atoms with Gasteiger partial charge in [0.25, 0.3) is 0 Å². The molecule has 0 aliphatic heterocycles. The third-order valence-electron chi connectivity index (χ3n) is 8.01. The number of hydrogen-bond donors (Lipinski definition) is 1. The van der Waals surface area contributed by atoms with E-state index in [9.17, 15) is 9.90 Å². The van der Waals surface area contributed by atoms with Crippen LogP contribution in [0.2, 0.25) is 0 Å². The molecule has 0 unspecified atom stereocenters. The minimum Gasteiger partial charge on any atom is -0.392 e. The van der Waals surface area contributed by atoms with Gasteiger partial charge in [0.15, 0.2) is 0 Å². The summed E-state index contributed by atoms with van der Waals surface area (Å²) in [5, 5.41) is 11.0. The smallest absolute Gasteiger partial charge is 0.149 e. The van der Waals surface area contributed by atoms with Crippen molar-refractivity contribution in [2.75, 3.05) is 0 Å². The number of rotatable bonds is 0. The highest BCUT2D eigenvalue weighted by Gasteiger charge is 2.71. The van der Waals surface area contributed by atoms with Crippen molar-refractivity contribution < 1.29 is 9.90 Å². The molecule has 0 saturated heterocycles. The van der Waals surface area contributed by atoms with Crippen molar-refractivity contribution in [1.82, 2.24) is 0 Å². The topological polar surface area (TPSA) is 37.3 Å². The molecule has 2 heteroatoms. The monoisotopic (exact) mass is 302 g/mol. The Kier molecular flexibility index (Phi) is 2.89. The van der Waals surface area contributed by atoms with Crippen molar-refractivity contribution in [2.45, 2.75) is 60.0 Å². The van der Waals surface area contributed by atoms with Crippen LogP contribution in [0.25, 0.3) is 0 Å². The Labute approximate surface area is 134 Å². The van der Waals surface area contributed by atoms with Crippen LogP contribution < -0.4 is 0 Å². The number of aliphatic hydroxyl groups is 1. The van der Waals surface area contributed by atoms with Crippen LogP contribution in [0.1, 0.15) is 53.9 Å². The largest absolute Gasteiger partial charge is 0.392 e. The van der Waals surface area contributed by atoms with Crippen molar-refractivity contribution in [3.8, 4) is 0 Å². The number of allylic oxidation sites excluding steroid dienone is 2. The van der Waals surface area contributed by atoms with Crippen molar-refractivity contribution >= 4 is 5.78 Å². The fourth-order valence-electron chi connectivity index (χ4n) is 6.77. The zero-order chi connectivity index (χ0) is 16.0. The molecule has 2 bridgehead atoms. The molecule has 22 heavy (non-hydrogen) atoms. The van der Waals surface area contributed by atoms with Gasteiger partial charge in [0.05, 0.1) is 11.5 Å². The highest BCUT2D eigenvalue weighted by molar-refractivity contribution is 5.92. The molecule has 0 amide bonds. The molecule has 4 aliphatic carbocycles. The fourth-order valence-corrected chi connectivity index (χ4v) is 6.77. The summed E-state index contributed by atoms with van der Waals surface area (Å²) < 4.78 is 0. The van der Waals surface area contributed by atoms with Crippen molar-refractivity contribution in [2.24, 2.45) is 46.3 Å². The van der Waals surface area contributed by atoms with E-state index in [2.05, 4.69) is 40.7 Å². The molecule has 0 aromatic carbocycles. The first-order valence-electron chi connectivity index (χ1n) is 9.12. The molecular weight excluding hydrogens is 272 g/mol. The third kappa shape index (κ3) is 1.58. The highest BCUT2D eigenvalue weighted by Crippen LogP contribution is 2.71. The molecule has 0 radical (unpaired) electrons. The van der Waals surface area contributed by atoms with Crippen LogP contribution >= 0.6 is 0 Å².